The Morgan fingerprint density at radius 2 is 1.83 bits per heavy atom. The number of Topliss-reactive ketones (excluding diaryl/α,β-unsaturated/α-hetero) is 1. The predicted octanol–water partition coefficient (Wildman–Crippen LogP) is 1.91. The first-order chi connectivity index (χ1) is 14.5. The summed E-state index contributed by atoms with van der Waals surface area (Å²) in [6.45, 7) is 0. The highest BCUT2D eigenvalue weighted by Gasteiger charge is 2.41. The second-order valence-electron chi connectivity index (χ2n) is 6.27. The number of nitro groups is 1. The molecule has 1 atom stereocenters. The van der Waals surface area contributed by atoms with Crippen LogP contribution in [0.5, 0.6) is 0 Å². The highest BCUT2D eigenvalue weighted by Crippen LogP contribution is 2.39. The largest absolute Gasteiger partial charge is 0.464 e. The number of aromatic nitrogens is 4. The smallest absolute Gasteiger partial charge is 0.355 e. The van der Waals surface area contributed by atoms with Gasteiger partial charge in [0.05, 0.1) is 23.2 Å². The van der Waals surface area contributed by atoms with E-state index in [9.17, 15) is 19.7 Å². The van der Waals surface area contributed by atoms with E-state index in [1.54, 1.807) is 36.4 Å². The Kier molecular flexibility index (Phi) is 4.76. The summed E-state index contributed by atoms with van der Waals surface area (Å²) in [4.78, 5) is 37.1. The predicted molar refractivity (Wildman–Crippen MR) is 102 cm³/mol. The summed E-state index contributed by atoms with van der Waals surface area (Å²) in [7, 11) is 1.17. The lowest BCUT2D eigenvalue weighted by atomic mass is 9.88. The van der Waals surface area contributed by atoms with Crippen molar-refractivity contribution in [2.75, 3.05) is 12.4 Å². The number of methoxy groups -OCH3 is 1. The highest BCUT2D eigenvalue weighted by atomic mass is 16.6. The van der Waals surface area contributed by atoms with Gasteiger partial charge in [0.25, 0.3) is 5.69 Å². The number of esters is 1. The lowest BCUT2D eigenvalue weighted by Gasteiger charge is -2.27. The monoisotopic (exact) mass is 406 g/mol. The van der Waals surface area contributed by atoms with Gasteiger partial charge < -0.3 is 10.1 Å². The van der Waals surface area contributed by atoms with Crippen molar-refractivity contribution in [3.05, 3.63) is 87.1 Å². The Morgan fingerprint density at radius 3 is 2.53 bits per heavy atom. The van der Waals surface area contributed by atoms with Crippen molar-refractivity contribution in [2.45, 2.75) is 6.04 Å². The molecule has 0 bridgehead atoms. The number of allylic oxidation sites excluding steroid dienone is 1. The van der Waals surface area contributed by atoms with Crippen LogP contribution in [0.2, 0.25) is 0 Å². The van der Waals surface area contributed by atoms with Crippen LogP contribution in [0.15, 0.2) is 65.9 Å². The molecule has 30 heavy (non-hydrogen) atoms. The Bertz CT molecular complexity index is 1190. The van der Waals surface area contributed by atoms with Gasteiger partial charge in [-0.25, -0.2) is 4.79 Å². The highest BCUT2D eigenvalue weighted by molar-refractivity contribution is 6.15. The van der Waals surface area contributed by atoms with Crippen molar-refractivity contribution in [2.24, 2.45) is 0 Å². The van der Waals surface area contributed by atoms with E-state index in [-0.39, 0.29) is 34.0 Å². The van der Waals surface area contributed by atoms with Crippen molar-refractivity contribution in [1.29, 1.82) is 0 Å². The number of para-hydroxylation sites is 1. The Labute approximate surface area is 169 Å². The number of carbonyl (C=O) groups excluding carboxylic acids is 2. The van der Waals surface area contributed by atoms with E-state index in [1.807, 2.05) is 0 Å². The van der Waals surface area contributed by atoms with Crippen LogP contribution in [0.3, 0.4) is 0 Å². The Hall–Kier alpha value is -4.41. The summed E-state index contributed by atoms with van der Waals surface area (Å²) in [5.74, 6) is -1.30. The molecule has 11 nitrogen and oxygen atoms in total. The first-order valence-electron chi connectivity index (χ1n) is 8.73. The average Bonchev–Trinajstić information content (AvgIpc) is 3.25. The van der Waals surface area contributed by atoms with Crippen molar-refractivity contribution in [1.82, 2.24) is 20.2 Å². The SMILES string of the molecule is COC(=O)C1=C(C(=O)c2ccccc2)[C@H](c2ccccc2[N+](=O)[O-])n2nnnc2N1. The zero-order chi connectivity index (χ0) is 21.3. The van der Waals surface area contributed by atoms with Gasteiger partial charge >= 0.3 is 5.97 Å². The second kappa shape index (κ2) is 7.54. The molecule has 11 heteroatoms. The van der Waals surface area contributed by atoms with Crippen LogP contribution in [-0.4, -0.2) is 44.0 Å². The van der Waals surface area contributed by atoms with Crippen LogP contribution in [0, 0.1) is 10.1 Å². The number of tetrazole rings is 1. The molecule has 0 radical (unpaired) electrons. The number of benzene rings is 2. The van der Waals surface area contributed by atoms with Gasteiger partial charge in [0.15, 0.2) is 5.78 Å². The molecule has 1 N–H and O–H groups in total. The van der Waals surface area contributed by atoms with Gasteiger partial charge in [-0.05, 0) is 16.5 Å². The number of nitrogens with zero attached hydrogens (tertiary/aromatic N) is 5. The molecule has 0 fully saturated rings. The van der Waals surface area contributed by atoms with Gasteiger partial charge in [0, 0.05) is 11.6 Å². The van der Waals surface area contributed by atoms with Crippen molar-refractivity contribution < 1.29 is 19.2 Å². The number of nitrogens with one attached hydrogen (secondary N) is 1. The van der Waals surface area contributed by atoms with Gasteiger partial charge in [-0.15, -0.1) is 0 Å². The lowest BCUT2D eigenvalue weighted by molar-refractivity contribution is -0.385. The van der Waals surface area contributed by atoms with Gasteiger partial charge in [-0.1, -0.05) is 47.6 Å². The molecule has 3 aromatic rings. The minimum atomic E-state index is -1.13. The number of rotatable bonds is 5. The van der Waals surface area contributed by atoms with Crippen molar-refractivity contribution in [3.8, 4) is 0 Å². The summed E-state index contributed by atoms with van der Waals surface area (Å²) < 4.78 is 6.06. The normalized spacial score (nSPS) is 15.2. The van der Waals surface area contributed by atoms with E-state index in [1.165, 1.54) is 30.0 Å². The fraction of sp³-hybridized carbons (Fsp3) is 0.105. The van der Waals surface area contributed by atoms with E-state index in [2.05, 4.69) is 20.8 Å². The summed E-state index contributed by atoms with van der Waals surface area (Å²) in [5, 5.41) is 25.7. The van der Waals surface area contributed by atoms with Crippen LogP contribution < -0.4 is 5.32 Å². The quantitative estimate of drug-likeness (QED) is 0.291. The van der Waals surface area contributed by atoms with Crippen molar-refractivity contribution >= 4 is 23.4 Å². The molecule has 4 rings (SSSR count). The summed E-state index contributed by atoms with van der Waals surface area (Å²) in [5.41, 5.74) is -0.0542. The molecule has 0 saturated carbocycles. The third kappa shape index (κ3) is 3.07. The number of carbonyl (C=O) groups is 2. The van der Waals surface area contributed by atoms with Gasteiger partial charge in [0.1, 0.15) is 11.7 Å². The lowest BCUT2D eigenvalue weighted by Crippen LogP contribution is -2.33. The maximum atomic E-state index is 13.5. The average molecular weight is 406 g/mol. The van der Waals surface area contributed by atoms with Crippen molar-refractivity contribution in [3.63, 3.8) is 0 Å². The van der Waals surface area contributed by atoms with Gasteiger partial charge in [-0.2, -0.15) is 4.68 Å². The molecule has 150 valence electrons. The maximum Gasteiger partial charge on any atom is 0.355 e. The number of fused-ring (bicyclic) bond motifs is 1. The topological polar surface area (TPSA) is 142 Å². The van der Waals surface area contributed by atoms with Crippen LogP contribution in [0.25, 0.3) is 0 Å². The first-order valence-corrected chi connectivity index (χ1v) is 8.73. The zero-order valence-corrected chi connectivity index (χ0v) is 15.6. The fourth-order valence-corrected chi connectivity index (χ4v) is 3.31. The maximum absolute atomic E-state index is 13.5. The number of hydrogen-bond acceptors (Lipinski definition) is 9. The summed E-state index contributed by atoms with van der Waals surface area (Å²) in [6.07, 6.45) is 0. The Balaban J connectivity index is 2.02. The minimum Gasteiger partial charge on any atom is -0.464 e. The molecule has 0 amide bonds. The van der Waals surface area contributed by atoms with Gasteiger partial charge in [0.2, 0.25) is 5.95 Å². The van der Waals surface area contributed by atoms with E-state index < -0.39 is 22.7 Å². The van der Waals surface area contributed by atoms with Crippen LogP contribution in [0.4, 0.5) is 11.6 Å². The molecule has 0 saturated heterocycles. The molecular weight excluding hydrogens is 392 g/mol. The molecule has 1 aromatic heterocycles. The fourth-order valence-electron chi connectivity index (χ4n) is 3.31. The number of anilines is 1. The zero-order valence-electron chi connectivity index (χ0n) is 15.6. The molecule has 0 aliphatic carbocycles. The molecule has 0 unspecified atom stereocenters. The molecule has 1 aliphatic rings. The molecule has 2 aromatic carbocycles. The van der Waals surface area contributed by atoms with Crippen LogP contribution in [-0.2, 0) is 9.53 Å². The summed E-state index contributed by atoms with van der Waals surface area (Å²) in [6, 6.07) is 13.0. The molecule has 0 spiro atoms. The third-order valence-corrected chi connectivity index (χ3v) is 4.62. The second-order valence-corrected chi connectivity index (χ2v) is 6.27. The van der Waals surface area contributed by atoms with Crippen LogP contribution >= 0.6 is 0 Å². The number of ketones is 1. The van der Waals surface area contributed by atoms with Gasteiger partial charge in [-0.3, -0.25) is 14.9 Å². The standard InChI is InChI=1S/C19H14N6O5/c1-30-18(27)15-14(17(26)11-7-3-2-4-8-11)16(24-19(20-15)21-22-23-24)12-9-5-6-10-13(12)25(28)29/h2-10,16H,1H3,(H,20,21,23)/t16-/m0/s1. The van der Waals surface area contributed by atoms with E-state index in [0.717, 1.165) is 0 Å². The minimum absolute atomic E-state index is 0.0446. The molecule has 2 heterocycles. The number of hydrogen-bond donors (Lipinski definition) is 1. The van der Waals surface area contributed by atoms with E-state index in [0.29, 0.717) is 0 Å². The van der Waals surface area contributed by atoms with Crippen LogP contribution in [0.1, 0.15) is 22.0 Å². The number of nitro benzene ring substituents is 1. The summed E-state index contributed by atoms with van der Waals surface area (Å²) >= 11 is 0. The Morgan fingerprint density at radius 1 is 1.13 bits per heavy atom. The number of ether oxygens (including phenoxy) is 1. The molecular formula is C19H14N6O5. The first kappa shape index (κ1) is 18.9. The van der Waals surface area contributed by atoms with E-state index in [4.69, 9.17) is 4.74 Å². The molecule has 1 aliphatic heterocycles. The van der Waals surface area contributed by atoms with E-state index >= 15 is 0 Å². The third-order valence-electron chi connectivity index (χ3n) is 4.62.